The quantitative estimate of drug-likeness (QED) is 0.724. The Bertz CT molecular complexity index is 371. The molecule has 0 aliphatic rings. The molecule has 1 aromatic carbocycles. The smallest absolute Gasteiger partial charge is 0.322 e. The Morgan fingerprint density at radius 1 is 1.35 bits per heavy atom. The number of carboxylic acid groups (broad SMARTS) is 1. The molecule has 0 aromatic heterocycles. The van der Waals surface area contributed by atoms with Gasteiger partial charge in [0.25, 0.3) is 0 Å². The summed E-state index contributed by atoms with van der Waals surface area (Å²) in [6.45, 7) is 5.34. The standard InChI is InChI=1S/C13H20N2O2/c1-9(10-7-5-4-6-8-10)15-11(12(16)17)13(2,3)14/h4-9,11,15H,14H2,1-3H3,(H,16,17)/t9-,11+/m1/s1. The van der Waals surface area contributed by atoms with Crippen molar-refractivity contribution in [3.63, 3.8) is 0 Å². The van der Waals surface area contributed by atoms with Gasteiger partial charge in [0, 0.05) is 11.6 Å². The van der Waals surface area contributed by atoms with Crippen LogP contribution in [-0.2, 0) is 4.79 Å². The van der Waals surface area contributed by atoms with Crippen molar-refractivity contribution in [3.05, 3.63) is 35.9 Å². The molecule has 1 rings (SSSR count). The highest BCUT2D eigenvalue weighted by Crippen LogP contribution is 2.15. The number of nitrogens with two attached hydrogens (primary N) is 1. The van der Waals surface area contributed by atoms with Crippen molar-refractivity contribution in [1.29, 1.82) is 0 Å². The molecule has 17 heavy (non-hydrogen) atoms. The Hall–Kier alpha value is -1.39. The van der Waals surface area contributed by atoms with E-state index in [1.807, 2.05) is 37.3 Å². The van der Waals surface area contributed by atoms with Gasteiger partial charge in [0.1, 0.15) is 6.04 Å². The van der Waals surface area contributed by atoms with Crippen molar-refractivity contribution < 1.29 is 9.90 Å². The number of aliphatic carboxylic acids is 1. The molecular formula is C13H20N2O2. The third-order valence-electron chi connectivity index (χ3n) is 2.71. The van der Waals surface area contributed by atoms with E-state index in [0.717, 1.165) is 5.56 Å². The highest BCUT2D eigenvalue weighted by molar-refractivity contribution is 5.75. The van der Waals surface area contributed by atoms with Crippen LogP contribution in [0, 0.1) is 0 Å². The first-order valence-electron chi connectivity index (χ1n) is 5.65. The molecule has 0 fully saturated rings. The van der Waals surface area contributed by atoms with E-state index in [4.69, 9.17) is 10.8 Å². The lowest BCUT2D eigenvalue weighted by atomic mass is 9.94. The average Bonchev–Trinajstić information content (AvgIpc) is 2.24. The van der Waals surface area contributed by atoms with Gasteiger partial charge in [0.2, 0.25) is 0 Å². The van der Waals surface area contributed by atoms with Crippen molar-refractivity contribution >= 4 is 5.97 Å². The summed E-state index contributed by atoms with van der Waals surface area (Å²) >= 11 is 0. The molecule has 0 bridgehead atoms. The van der Waals surface area contributed by atoms with Gasteiger partial charge in [0.05, 0.1) is 0 Å². The van der Waals surface area contributed by atoms with Crippen LogP contribution in [-0.4, -0.2) is 22.7 Å². The molecule has 4 N–H and O–H groups in total. The van der Waals surface area contributed by atoms with Crippen LogP contribution in [0.5, 0.6) is 0 Å². The SMILES string of the molecule is C[C@@H](N[C@@H](C(=O)O)C(C)(C)N)c1ccccc1. The van der Waals surface area contributed by atoms with Crippen LogP contribution in [0.25, 0.3) is 0 Å². The fourth-order valence-corrected chi connectivity index (χ4v) is 1.69. The number of rotatable bonds is 5. The van der Waals surface area contributed by atoms with Crippen molar-refractivity contribution in [2.75, 3.05) is 0 Å². The second kappa shape index (κ2) is 5.29. The fourth-order valence-electron chi connectivity index (χ4n) is 1.69. The van der Waals surface area contributed by atoms with Gasteiger partial charge in [-0.05, 0) is 26.3 Å². The molecule has 4 heteroatoms. The van der Waals surface area contributed by atoms with Crippen LogP contribution < -0.4 is 11.1 Å². The van der Waals surface area contributed by atoms with Gasteiger partial charge in [-0.3, -0.25) is 10.1 Å². The molecule has 0 saturated heterocycles. The van der Waals surface area contributed by atoms with Crippen LogP contribution in [0.1, 0.15) is 32.4 Å². The summed E-state index contributed by atoms with van der Waals surface area (Å²) < 4.78 is 0. The predicted molar refractivity (Wildman–Crippen MR) is 67.7 cm³/mol. The van der Waals surface area contributed by atoms with Gasteiger partial charge < -0.3 is 10.8 Å². The topological polar surface area (TPSA) is 75.3 Å². The minimum Gasteiger partial charge on any atom is -0.480 e. The zero-order valence-electron chi connectivity index (χ0n) is 10.5. The van der Waals surface area contributed by atoms with Gasteiger partial charge in [-0.1, -0.05) is 30.3 Å². The Balaban J connectivity index is 2.79. The second-order valence-electron chi connectivity index (χ2n) is 4.89. The zero-order valence-corrected chi connectivity index (χ0v) is 10.5. The molecule has 0 saturated carbocycles. The van der Waals surface area contributed by atoms with Crippen molar-refractivity contribution in [3.8, 4) is 0 Å². The summed E-state index contributed by atoms with van der Waals surface area (Å²) in [6.07, 6.45) is 0. The van der Waals surface area contributed by atoms with E-state index in [1.54, 1.807) is 13.8 Å². The summed E-state index contributed by atoms with van der Waals surface area (Å²) in [7, 11) is 0. The van der Waals surface area contributed by atoms with Crippen molar-refractivity contribution in [2.24, 2.45) is 5.73 Å². The highest BCUT2D eigenvalue weighted by Gasteiger charge is 2.32. The summed E-state index contributed by atoms with van der Waals surface area (Å²) in [5.74, 6) is -0.930. The lowest BCUT2D eigenvalue weighted by Crippen LogP contribution is -2.57. The predicted octanol–water partition coefficient (Wildman–Crippen LogP) is 1.53. The van der Waals surface area contributed by atoms with Crippen molar-refractivity contribution in [2.45, 2.75) is 38.4 Å². The molecule has 0 radical (unpaired) electrons. The summed E-state index contributed by atoms with van der Waals surface area (Å²) in [6, 6.07) is 8.86. The Morgan fingerprint density at radius 3 is 2.29 bits per heavy atom. The molecule has 2 atom stereocenters. The first-order chi connectivity index (χ1) is 7.82. The van der Waals surface area contributed by atoms with E-state index in [2.05, 4.69) is 5.32 Å². The zero-order chi connectivity index (χ0) is 13.1. The molecule has 4 nitrogen and oxygen atoms in total. The monoisotopic (exact) mass is 236 g/mol. The van der Waals surface area contributed by atoms with E-state index in [1.165, 1.54) is 0 Å². The maximum absolute atomic E-state index is 11.2. The van der Waals surface area contributed by atoms with Gasteiger partial charge in [-0.15, -0.1) is 0 Å². The van der Waals surface area contributed by atoms with E-state index >= 15 is 0 Å². The highest BCUT2D eigenvalue weighted by atomic mass is 16.4. The number of benzene rings is 1. The number of hydrogen-bond acceptors (Lipinski definition) is 3. The van der Waals surface area contributed by atoms with Crippen LogP contribution in [0.15, 0.2) is 30.3 Å². The van der Waals surface area contributed by atoms with E-state index in [0.29, 0.717) is 0 Å². The number of nitrogens with one attached hydrogen (secondary N) is 1. The van der Waals surface area contributed by atoms with Crippen LogP contribution in [0.2, 0.25) is 0 Å². The largest absolute Gasteiger partial charge is 0.480 e. The van der Waals surface area contributed by atoms with Gasteiger partial charge in [-0.25, -0.2) is 0 Å². The van der Waals surface area contributed by atoms with Gasteiger partial charge >= 0.3 is 5.97 Å². The van der Waals surface area contributed by atoms with Crippen molar-refractivity contribution in [1.82, 2.24) is 5.32 Å². The minimum absolute atomic E-state index is 0.0554. The second-order valence-corrected chi connectivity index (χ2v) is 4.89. The fraction of sp³-hybridized carbons (Fsp3) is 0.462. The maximum atomic E-state index is 11.2. The first kappa shape index (κ1) is 13.7. The van der Waals surface area contributed by atoms with E-state index in [9.17, 15) is 4.79 Å². The Labute approximate surface area is 102 Å². The third-order valence-corrected chi connectivity index (χ3v) is 2.71. The molecule has 0 unspecified atom stereocenters. The Morgan fingerprint density at radius 2 is 1.88 bits per heavy atom. The summed E-state index contributed by atoms with van der Waals surface area (Å²) in [5, 5.41) is 12.2. The van der Waals surface area contributed by atoms with Gasteiger partial charge in [0.15, 0.2) is 0 Å². The molecular weight excluding hydrogens is 216 g/mol. The lowest BCUT2D eigenvalue weighted by Gasteiger charge is -2.30. The molecule has 0 heterocycles. The van der Waals surface area contributed by atoms with E-state index in [-0.39, 0.29) is 6.04 Å². The normalized spacial score (nSPS) is 15.3. The van der Waals surface area contributed by atoms with Gasteiger partial charge in [-0.2, -0.15) is 0 Å². The average molecular weight is 236 g/mol. The number of carboxylic acids is 1. The molecule has 94 valence electrons. The maximum Gasteiger partial charge on any atom is 0.322 e. The minimum atomic E-state index is -0.930. The van der Waals surface area contributed by atoms with Crippen LogP contribution in [0.4, 0.5) is 0 Å². The van der Waals surface area contributed by atoms with E-state index < -0.39 is 17.6 Å². The molecule has 0 aliphatic heterocycles. The lowest BCUT2D eigenvalue weighted by molar-refractivity contribution is -0.141. The number of hydrogen-bond donors (Lipinski definition) is 3. The molecule has 0 aliphatic carbocycles. The third kappa shape index (κ3) is 3.84. The first-order valence-corrected chi connectivity index (χ1v) is 5.65. The Kier molecular flexibility index (Phi) is 4.26. The summed E-state index contributed by atoms with van der Waals surface area (Å²) in [5.41, 5.74) is 6.10. The molecule has 1 aromatic rings. The molecule has 0 spiro atoms. The van der Waals surface area contributed by atoms with Crippen LogP contribution in [0.3, 0.4) is 0 Å². The van der Waals surface area contributed by atoms with Crippen LogP contribution >= 0.6 is 0 Å². The summed E-state index contributed by atoms with van der Waals surface area (Å²) in [4.78, 5) is 11.2. The number of carbonyl (C=O) groups is 1. The molecule has 0 amide bonds.